The van der Waals surface area contributed by atoms with Crippen molar-refractivity contribution < 1.29 is 14.3 Å². The minimum absolute atomic E-state index is 0.100. The Balaban J connectivity index is 3.21. The third-order valence-electron chi connectivity index (χ3n) is 2.83. The number of esters is 1. The zero-order valence-corrected chi connectivity index (χ0v) is 14.8. The molecule has 22 heavy (non-hydrogen) atoms. The highest BCUT2D eigenvalue weighted by atomic mass is 32.2. The highest BCUT2D eigenvalue weighted by Gasteiger charge is 2.25. The molecule has 0 aromatic carbocycles. The van der Waals surface area contributed by atoms with Crippen molar-refractivity contribution in [3.05, 3.63) is 17.1 Å². The number of carbonyl (C=O) groups is 2. The van der Waals surface area contributed by atoms with Crippen molar-refractivity contribution in [3.8, 4) is 0 Å². The molecule has 0 aliphatic rings. The first-order valence-electron chi connectivity index (χ1n) is 7.07. The molecule has 6 nitrogen and oxygen atoms in total. The molecule has 1 aromatic rings. The van der Waals surface area contributed by atoms with E-state index in [0.717, 1.165) is 0 Å². The molecule has 0 saturated carbocycles. The second-order valence-corrected chi connectivity index (χ2v) is 6.76. The fraction of sp³-hybridized carbons (Fsp3) is 0.600. The Kier molecular flexibility index (Phi) is 6.34. The lowest BCUT2D eigenvalue weighted by molar-refractivity contribution is -0.118. The molecule has 7 heteroatoms. The van der Waals surface area contributed by atoms with Crippen molar-refractivity contribution in [2.75, 3.05) is 19.4 Å². The molecule has 0 aliphatic carbocycles. The Bertz CT molecular complexity index is 568. The summed E-state index contributed by atoms with van der Waals surface area (Å²) in [5.74, 6) is 0.238. The second kappa shape index (κ2) is 7.58. The fourth-order valence-corrected chi connectivity index (χ4v) is 2.60. The minimum atomic E-state index is -0.489. The average Bonchev–Trinajstić information content (AvgIpc) is 2.43. The minimum Gasteiger partial charge on any atom is -0.465 e. The first kappa shape index (κ1) is 18.4. The van der Waals surface area contributed by atoms with Crippen LogP contribution in [0.25, 0.3) is 0 Å². The van der Waals surface area contributed by atoms with Gasteiger partial charge in [-0.05, 0) is 13.8 Å². The van der Waals surface area contributed by atoms with Crippen molar-refractivity contribution in [3.63, 3.8) is 0 Å². The molecule has 0 saturated heterocycles. The largest absolute Gasteiger partial charge is 0.465 e. The van der Waals surface area contributed by atoms with E-state index in [-0.39, 0.29) is 17.1 Å². The van der Waals surface area contributed by atoms with Crippen LogP contribution in [0.1, 0.15) is 49.6 Å². The SMILES string of the molecule is CCNC(=O)CSc1nc(C(C)(C)C)nc(C)c1C(=O)OC. The van der Waals surface area contributed by atoms with E-state index in [0.29, 0.717) is 28.7 Å². The summed E-state index contributed by atoms with van der Waals surface area (Å²) in [5, 5.41) is 3.20. The van der Waals surface area contributed by atoms with E-state index in [2.05, 4.69) is 15.3 Å². The number of aromatic nitrogens is 2. The maximum atomic E-state index is 12.0. The molecule has 122 valence electrons. The molecule has 0 atom stereocenters. The van der Waals surface area contributed by atoms with Crippen LogP contribution >= 0.6 is 11.8 Å². The Morgan fingerprint density at radius 2 is 1.91 bits per heavy atom. The first-order chi connectivity index (χ1) is 10.2. The van der Waals surface area contributed by atoms with Gasteiger partial charge in [0.05, 0.1) is 18.6 Å². The van der Waals surface area contributed by atoms with Crippen LogP contribution in [0.4, 0.5) is 0 Å². The number of nitrogens with zero attached hydrogens (tertiary/aromatic N) is 2. The average molecular weight is 325 g/mol. The first-order valence-corrected chi connectivity index (χ1v) is 8.06. The second-order valence-electron chi connectivity index (χ2n) is 5.80. The monoisotopic (exact) mass is 325 g/mol. The predicted octanol–water partition coefficient (Wildman–Crippen LogP) is 2.10. The quantitative estimate of drug-likeness (QED) is 0.507. The molecule has 0 spiro atoms. The highest BCUT2D eigenvalue weighted by molar-refractivity contribution is 8.00. The normalized spacial score (nSPS) is 11.2. The van der Waals surface area contributed by atoms with Gasteiger partial charge in [0.15, 0.2) is 0 Å². The molecule has 1 N–H and O–H groups in total. The molecule has 0 aliphatic heterocycles. The van der Waals surface area contributed by atoms with Gasteiger partial charge in [-0.1, -0.05) is 32.5 Å². The Labute approximate surface area is 135 Å². The molecule has 0 radical (unpaired) electrons. The summed E-state index contributed by atoms with van der Waals surface area (Å²) in [6, 6.07) is 0. The van der Waals surface area contributed by atoms with Crippen molar-refractivity contribution in [1.82, 2.24) is 15.3 Å². The van der Waals surface area contributed by atoms with Crippen LogP contribution < -0.4 is 5.32 Å². The van der Waals surface area contributed by atoms with Crippen LogP contribution in [0.5, 0.6) is 0 Å². The number of nitrogens with one attached hydrogen (secondary N) is 1. The third kappa shape index (κ3) is 4.69. The summed E-state index contributed by atoms with van der Waals surface area (Å²) in [7, 11) is 1.32. The smallest absolute Gasteiger partial charge is 0.342 e. The van der Waals surface area contributed by atoms with Crippen molar-refractivity contribution >= 4 is 23.6 Å². The van der Waals surface area contributed by atoms with E-state index in [1.807, 2.05) is 27.7 Å². The van der Waals surface area contributed by atoms with Gasteiger partial charge in [-0.2, -0.15) is 0 Å². The molecule has 1 rings (SSSR count). The molecule has 1 amide bonds. The van der Waals surface area contributed by atoms with Crippen LogP contribution in [0.2, 0.25) is 0 Å². The summed E-state index contributed by atoms with van der Waals surface area (Å²) >= 11 is 1.22. The van der Waals surface area contributed by atoms with Crippen molar-refractivity contribution in [2.24, 2.45) is 0 Å². The standard InChI is InChI=1S/C15H23N3O3S/c1-7-16-10(19)8-22-12-11(13(20)21-6)9(2)17-14(18-12)15(3,4)5/h7-8H2,1-6H3,(H,16,19). The highest BCUT2D eigenvalue weighted by Crippen LogP contribution is 2.27. The lowest BCUT2D eigenvalue weighted by Crippen LogP contribution is -2.25. The van der Waals surface area contributed by atoms with Gasteiger partial charge < -0.3 is 10.1 Å². The topological polar surface area (TPSA) is 81.2 Å². The van der Waals surface area contributed by atoms with E-state index < -0.39 is 5.97 Å². The maximum Gasteiger partial charge on any atom is 0.342 e. The van der Waals surface area contributed by atoms with Crippen LogP contribution in [0, 0.1) is 6.92 Å². The number of rotatable bonds is 5. The van der Waals surface area contributed by atoms with E-state index >= 15 is 0 Å². The molecular weight excluding hydrogens is 302 g/mol. The van der Waals surface area contributed by atoms with Crippen LogP contribution in [-0.4, -0.2) is 41.3 Å². The van der Waals surface area contributed by atoms with Crippen LogP contribution in [0.15, 0.2) is 5.03 Å². The lowest BCUT2D eigenvalue weighted by Gasteiger charge is -2.19. The Morgan fingerprint density at radius 3 is 2.41 bits per heavy atom. The number of thioether (sulfide) groups is 1. The van der Waals surface area contributed by atoms with E-state index in [1.165, 1.54) is 18.9 Å². The number of hydrogen-bond acceptors (Lipinski definition) is 6. The summed E-state index contributed by atoms with van der Waals surface area (Å²) in [6.45, 7) is 10.2. The van der Waals surface area contributed by atoms with E-state index in [1.54, 1.807) is 6.92 Å². The van der Waals surface area contributed by atoms with Gasteiger partial charge >= 0.3 is 5.97 Å². The number of ether oxygens (including phenoxy) is 1. The van der Waals surface area contributed by atoms with Gasteiger partial charge in [0.2, 0.25) is 5.91 Å². The van der Waals surface area contributed by atoms with Crippen molar-refractivity contribution in [1.29, 1.82) is 0 Å². The summed E-state index contributed by atoms with van der Waals surface area (Å²) in [5.41, 5.74) is 0.635. The molecular formula is C15H23N3O3S. The maximum absolute atomic E-state index is 12.0. The predicted molar refractivity (Wildman–Crippen MR) is 86.2 cm³/mol. The van der Waals surface area contributed by atoms with Gasteiger partial charge in [-0.3, -0.25) is 4.79 Å². The van der Waals surface area contributed by atoms with E-state index in [4.69, 9.17) is 4.74 Å². The molecule has 1 heterocycles. The third-order valence-corrected chi connectivity index (χ3v) is 3.81. The number of aryl methyl sites for hydroxylation is 1. The molecule has 0 fully saturated rings. The number of amides is 1. The van der Waals surface area contributed by atoms with Crippen LogP contribution in [-0.2, 0) is 14.9 Å². The summed E-state index contributed by atoms with van der Waals surface area (Å²) in [4.78, 5) is 32.5. The van der Waals surface area contributed by atoms with Crippen LogP contribution in [0.3, 0.4) is 0 Å². The number of carbonyl (C=O) groups excluding carboxylic acids is 2. The van der Waals surface area contributed by atoms with E-state index in [9.17, 15) is 9.59 Å². The molecule has 0 bridgehead atoms. The molecule has 1 aromatic heterocycles. The number of hydrogen-bond donors (Lipinski definition) is 1. The zero-order chi connectivity index (χ0) is 16.9. The van der Waals surface area contributed by atoms with Crippen molar-refractivity contribution in [2.45, 2.75) is 45.1 Å². The van der Waals surface area contributed by atoms with Gasteiger partial charge in [0.1, 0.15) is 16.4 Å². The van der Waals surface area contributed by atoms with Gasteiger partial charge in [-0.25, -0.2) is 14.8 Å². The summed E-state index contributed by atoms with van der Waals surface area (Å²) < 4.78 is 4.80. The Hall–Kier alpha value is -1.63. The van der Waals surface area contributed by atoms with Gasteiger partial charge in [0.25, 0.3) is 0 Å². The number of methoxy groups -OCH3 is 1. The van der Waals surface area contributed by atoms with Gasteiger partial charge in [0, 0.05) is 12.0 Å². The lowest BCUT2D eigenvalue weighted by atomic mass is 9.95. The molecule has 0 unspecified atom stereocenters. The zero-order valence-electron chi connectivity index (χ0n) is 13.9. The fourth-order valence-electron chi connectivity index (χ4n) is 1.71. The summed E-state index contributed by atoms with van der Waals surface area (Å²) in [6.07, 6.45) is 0. The Morgan fingerprint density at radius 1 is 1.27 bits per heavy atom. The van der Waals surface area contributed by atoms with Gasteiger partial charge in [-0.15, -0.1) is 0 Å².